The van der Waals surface area contributed by atoms with Crippen molar-refractivity contribution in [3.8, 4) is 5.88 Å². The lowest BCUT2D eigenvalue weighted by molar-refractivity contribution is -0.138. The van der Waals surface area contributed by atoms with Crippen molar-refractivity contribution < 1.29 is 22.7 Å². The summed E-state index contributed by atoms with van der Waals surface area (Å²) in [6, 6.07) is 6.05. The largest absolute Gasteiger partial charge is 0.479 e. The Balaban J connectivity index is 1.51. The van der Waals surface area contributed by atoms with Gasteiger partial charge < -0.3 is 15.0 Å². The van der Waals surface area contributed by atoms with Gasteiger partial charge in [-0.2, -0.15) is 13.2 Å². The van der Waals surface area contributed by atoms with Crippen LogP contribution in [0, 0.1) is 0 Å². The molecule has 1 saturated heterocycles. The zero-order valence-corrected chi connectivity index (χ0v) is 16.8. The molecule has 31 heavy (non-hydrogen) atoms. The van der Waals surface area contributed by atoms with Crippen LogP contribution in [-0.2, 0) is 6.18 Å². The quantitative estimate of drug-likeness (QED) is 0.586. The molecule has 1 aliphatic rings. The number of aromatic nitrogens is 3. The van der Waals surface area contributed by atoms with E-state index < -0.39 is 29.7 Å². The van der Waals surface area contributed by atoms with Gasteiger partial charge in [-0.25, -0.2) is 9.78 Å². The molecular weight excluding hydrogens is 413 g/mol. The highest BCUT2D eigenvalue weighted by Gasteiger charge is 2.40. The second-order valence-electron chi connectivity index (χ2n) is 7.47. The summed E-state index contributed by atoms with van der Waals surface area (Å²) in [6.45, 7) is 0.824. The van der Waals surface area contributed by atoms with E-state index in [9.17, 15) is 18.0 Å². The van der Waals surface area contributed by atoms with E-state index in [4.69, 9.17) is 4.74 Å². The lowest BCUT2D eigenvalue weighted by atomic mass is 9.90. The smallest absolute Gasteiger partial charge is 0.416 e. The first-order chi connectivity index (χ1) is 14.8. The third-order valence-electron chi connectivity index (χ3n) is 5.33. The van der Waals surface area contributed by atoms with E-state index in [0.717, 1.165) is 6.07 Å². The molecule has 164 valence electrons. The van der Waals surface area contributed by atoms with E-state index in [1.807, 2.05) is 11.9 Å². The van der Waals surface area contributed by atoms with Gasteiger partial charge in [-0.05, 0) is 18.7 Å². The SMILES string of the molecule is COc1n[nH]c2cc(NC(=O)N[C@H]3CN(C)C[C@@H]3c3ccccc3C(F)(F)F)ncc12. The summed E-state index contributed by atoms with van der Waals surface area (Å²) in [5.74, 6) is 0.162. The number of aromatic amines is 1. The van der Waals surface area contributed by atoms with E-state index in [0.29, 0.717) is 29.9 Å². The molecule has 0 spiro atoms. The number of urea groups is 1. The Morgan fingerprint density at radius 3 is 2.81 bits per heavy atom. The maximum Gasteiger partial charge on any atom is 0.416 e. The summed E-state index contributed by atoms with van der Waals surface area (Å²) in [7, 11) is 3.30. The number of methoxy groups -OCH3 is 1. The molecule has 0 bridgehead atoms. The van der Waals surface area contributed by atoms with Gasteiger partial charge in [0.1, 0.15) is 5.82 Å². The second kappa shape index (κ2) is 8.06. The number of carbonyl (C=O) groups excluding carboxylic acids is 1. The Morgan fingerprint density at radius 1 is 1.29 bits per heavy atom. The molecule has 1 aromatic carbocycles. The number of pyridine rings is 1. The number of likely N-dealkylation sites (tertiary alicyclic amines) is 1. The molecule has 0 saturated carbocycles. The van der Waals surface area contributed by atoms with Crippen molar-refractivity contribution in [2.45, 2.75) is 18.1 Å². The maximum absolute atomic E-state index is 13.5. The molecule has 11 heteroatoms. The first-order valence-electron chi connectivity index (χ1n) is 9.56. The number of hydrogen-bond donors (Lipinski definition) is 3. The number of H-pyrrole nitrogens is 1. The number of alkyl halides is 3. The van der Waals surface area contributed by atoms with Gasteiger partial charge in [0.05, 0.1) is 29.6 Å². The number of nitrogens with zero attached hydrogens (tertiary/aromatic N) is 3. The minimum Gasteiger partial charge on any atom is -0.479 e. The van der Waals surface area contributed by atoms with Crippen LogP contribution in [0.25, 0.3) is 10.9 Å². The fraction of sp³-hybridized carbons (Fsp3) is 0.350. The van der Waals surface area contributed by atoms with Gasteiger partial charge in [-0.3, -0.25) is 10.4 Å². The number of halogens is 3. The van der Waals surface area contributed by atoms with E-state index >= 15 is 0 Å². The van der Waals surface area contributed by atoms with Crippen LogP contribution < -0.4 is 15.4 Å². The van der Waals surface area contributed by atoms with Crippen molar-refractivity contribution >= 4 is 22.8 Å². The molecule has 0 unspecified atom stereocenters. The number of amides is 2. The Kier molecular flexibility index (Phi) is 5.44. The maximum atomic E-state index is 13.5. The van der Waals surface area contributed by atoms with E-state index in [2.05, 4.69) is 25.8 Å². The van der Waals surface area contributed by atoms with Gasteiger partial charge in [0.2, 0.25) is 5.88 Å². The normalized spacial score (nSPS) is 19.5. The lowest BCUT2D eigenvalue weighted by Gasteiger charge is -2.23. The average Bonchev–Trinajstić information content (AvgIpc) is 3.29. The summed E-state index contributed by atoms with van der Waals surface area (Å²) < 4.78 is 45.6. The van der Waals surface area contributed by atoms with Gasteiger partial charge >= 0.3 is 12.2 Å². The second-order valence-corrected chi connectivity index (χ2v) is 7.47. The van der Waals surface area contributed by atoms with Crippen LogP contribution in [-0.4, -0.2) is 59.4 Å². The molecule has 3 N–H and O–H groups in total. The van der Waals surface area contributed by atoms with Crippen LogP contribution in [0.3, 0.4) is 0 Å². The van der Waals surface area contributed by atoms with E-state index in [-0.39, 0.29) is 11.4 Å². The topological polar surface area (TPSA) is 95.2 Å². The molecule has 3 aromatic rings. The van der Waals surface area contributed by atoms with Crippen molar-refractivity contribution in [2.24, 2.45) is 0 Å². The minimum absolute atomic E-state index is 0.175. The average molecular weight is 434 g/mol. The lowest BCUT2D eigenvalue weighted by Crippen LogP contribution is -2.42. The molecule has 1 aliphatic heterocycles. The van der Waals surface area contributed by atoms with Crippen molar-refractivity contribution in [2.75, 3.05) is 32.6 Å². The van der Waals surface area contributed by atoms with Gasteiger partial charge in [0, 0.05) is 31.3 Å². The van der Waals surface area contributed by atoms with Gasteiger partial charge in [-0.1, -0.05) is 18.2 Å². The van der Waals surface area contributed by atoms with Gasteiger partial charge in [0.25, 0.3) is 0 Å². The number of ether oxygens (including phenoxy) is 1. The highest BCUT2D eigenvalue weighted by Crippen LogP contribution is 2.38. The fourth-order valence-corrected chi connectivity index (χ4v) is 3.97. The Morgan fingerprint density at radius 2 is 2.06 bits per heavy atom. The molecular formula is C20H21F3N6O2. The third-order valence-corrected chi connectivity index (χ3v) is 5.33. The third kappa shape index (κ3) is 4.26. The summed E-state index contributed by atoms with van der Waals surface area (Å²) in [6.07, 6.45) is -2.95. The number of rotatable bonds is 4. The number of hydrogen-bond acceptors (Lipinski definition) is 5. The summed E-state index contributed by atoms with van der Waals surface area (Å²) in [4.78, 5) is 18.6. The van der Waals surface area contributed by atoms with Crippen LogP contribution >= 0.6 is 0 Å². The number of anilines is 1. The molecule has 0 radical (unpaired) electrons. The van der Waals surface area contributed by atoms with E-state index in [1.165, 1.54) is 25.4 Å². The summed E-state index contributed by atoms with van der Waals surface area (Å²) in [5.41, 5.74) is 0.122. The van der Waals surface area contributed by atoms with Crippen LogP contribution in [0.15, 0.2) is 36.5 Å². The molecule has 4 rings (SSSR count). The monoisotopic (exact) mass is 434 g/mol. The molecule has 2 aromatic heterocycles. The van der Waals surface area contributed by atoms with Crippen molar-refractivity contribution in [1.29, 1.82) is 0 Å². The number of nitrogens with one attached hydrogen (secondary N) is 3. The molecule has 0 aliphatic carbocycles. The number of benzene rings is 1. The van der Waals surface area contributed by atoms with Crippen molar-refractivity contribution in [3.63, 3.8) is 0 Å². The first-order valence-corrected chi connectivity index (χ1v) is 9.56. The molecule has 3 heterocycles. The van der Waals surface area contributed by atoms with Crippen LogP contribution in [0.2, 0.25) is 0 Å². The zero-order valence-electron chi connectivity index (χ0n) is 16.8. The number of fused-ring (bicyclic) bond motifs is 1. The number of likely N-dealkylation sites (N-methyl/N-ethyl adjacent to an activating group) is 1. The zero-order chi connectivity index (χ0) is 22.2. The minimum atomic E-state index is -4.46. The molecule has 1 fully saturated rings. The number of carbonyl (C=O) groups is 1. The highest BCUT2D eigenvalue weighted by atomic mass is 19.4. The van der Waals surface area contributed by atoms with Gasteiger partial charge in [0.15, 0.2) is 0 Å². The van der Waals surface area contributed by atoms with Gasteiger partial charge in [-0.15, -0.1) is 5.10 Å². The molecule has 8 nitrogen and oxygen atoms in total. The molecule has 2 amide bonds. The fourth-order valence-electron chi connectivity index (χ4n) is 3.97. The predicted octanol–water partition coefficient (Wildman–Crippen LogP) is 3.20. The Hall–Kier alpha value is -3.34. The van der Waals surface area contributed by atoms with Crippen molar-refractivity contribution in [3.05, 3.63) is 47.7 Å². The highest BCUT2D eigenvalue weighted by molar-refractivity contribution is 5.92. The standard InChI is InChI=1S/C20H21F3N6O2/c1-29-9-13(11-5-3-4-6-14(11)20(21,22)23)16(10-29)25-19(30)26-17-7-15-12(8-24-17)18(31-2)28-27-15/h3-8,13,16H,9-10H2,1-2H3,(H,27,28)(H2,24,25,26,30)/t13-,16+/m1/s1. The van der Waals surface area contributed by atoms with Crippen molar-refractivity contribution in [1.82, 2.24) is 25.4 Å². The predicted molar refractivity (Wildman–Crippen MR) is 108 cm³/mol. The Labute approximate surface area is 175 Å². The summed E-state index contributed by atoms with van der Waals surface area (Å²) >= 11 is 0. The molecule has 2 atom stereocenters. The van der Waals surface area contributed by atoms with Crippen LogP contribution in [0.1, 0.15) is 17.0 Å². The van der Waals surface area contributed by atoms with E-state index in [1.54, 1.807) is 12.1 Å². The first kappa shape index (κ1) is 20.9. The Bertz CT molecular complexity index is 1100. The van der Waals surface area contributed by atoms with Crippen LogP contribution in [0.5, 0.6) is 5.88 Å². The van der Waals surface area contributed by atoms with Crippen LogP contribution in [0.4, 0.5) is 23.8 Å². The summed E-state index contributed by atoms with van der Waals surface area (Å²) in [5, 5.41) is 12.9.